The number of ether oxygens (including phenoxy) is 1. The fraction of sp³-hybridized carbons (Fsp3) is 0.200. The molecule has 0 fully saturated rings. The molecule has 158 valence electrons. The maximum Gasteiger partial charge on any atom is 0.146 e. The Balaban J connectivity index is 0.00000155. The normalized spacial score (nSPS) is 13.5. The minimum absolute atomic E-state index is 0.149. The van der Waals surface area contributed by atoms with Gasteiger partial charge < -0.3 is 10.5 Å². The predicted molar refractivity (Wildman–Crippen MR) is 138 cm³/mol. The minimum Gasteiger partial charge on any atom is -0.484 e. The summed E-state index contributed by atoms with van der Waals surface area (Å²) in [6, 6.07) is 18.6. The second-order valence-electron chi connectivity index (χ2n) is 7.09. The number of pyridine rings is 1. The Morgan fingerprint density at radius 2 is 1.77 bits per heavy atom. The largest absolute Gasteiger partial charge is 0.484 e. The minimum atomic E-state index is -1.65. The van der Waals surface area contributed by atoms with Crippen LogP contribution in [0.1, 0.15) is 13.8 Å². The van der Waals surface area contributed by atoms with Gasteiger partial charge in [0.2, 0.25) is 0 Å². The van der Waals surface area contributed by atoms with Crippen molar-refractivity contribution < 1.29 is 4.74 Å². The highest BCUT2D eigenvalue weighted by atomic mass is 32.7. The molecule has 2 aromatic carbocycles. The smallest absolute Gasteiger partial charge is 0.146 e. The number of nitrogens with two attached hydrogens (primary N) is 1. The first kappa shape index (κ1) is 24.0. The third-order valence-electron chi connectivity index (χ3n) is 4.60. The number of rotatable bonds is 7. The van der Waals surface area contributed by atoms with Crippen molar-refractivity contribution in [3.63, 3.8) is 0 Å². The first-order valence-electron chi connectivity index (χ1n) is 9.72. The molecule has 0 saturated carbocycles. The average Bonchev–Trinajstić information content (AvgIpc) is 2.74. The first-order chi connectivity index (χ1) is 14.3. The van der Waals surface area contributed by atoms with E-state index in [0.717, 1.165) is 27.8 Å². The Labute approximate surface area is 184 Å². The lowest BCUT2D eigenvalue weighted by molar-refractivity contribution is 0.263. The number of nitrogens with zero attached hydrogens (tertiary/aromatic N) is 1. The summed E-state index contributed by atoms with van der Waals surface area (Å²) in [6.45, 7) is 14.2. The van der Waals surface area contributed by atoms with E-state index in [0.29, 0.717) is 0 Å². The zero-order valence-electron chi connectivity index (χ0n) is 18.3. The van der Waals surface area contributed by atoms with Crippen molar-refractivity contribution in [2.24, 2.45) is 5.73 Å². The van der Waals surface area contributed by atoms with Gasteiger partial charge in [0.25, 0.3) is 0 Å². The van der Waals surface area contributed by atoms with Crippen LogP contribution in [0, 0.1) is 0 Å². The van der Waals surface area contributed by atoms with Gasteiger partial charge in [-0.05, 0) is 63.5 Å². The Bertz CT molecular complexity index is 1080. The molecule has 0 aliphatic heterocycles. The standard InChI is InChI=1S/C24H26NOPS.CH5N/c1-17(2)18(3)19(4)26-23-14-10-11-20-15-21(16-25-24(20)23)27(5,6)28-22-12-8-7-9-13-22;1-2/h7-16,19H,1,3,5H2,2,4,6H3;2H2,1H3. The van der Waals surface area contributed by atoms with Gasteiger partial charge in [-0.3, -0.25) is 4.98 Å². The summed E-state index contributed by atoms with van der Waals surface area (Å²) in [5, 5.41) is 2.25. The number of benzene rings is 2. The van der Waals surface area contributed by atoms with E-state index in [-0.39, 0.29) is 6.10 Å². The van der Waals surface area contributed by atoms with Crippen LogP contribution in [0.4, 0.5) is 0 Å². The molecule has 0 aliphatic carbocycles. The molecule has 3 aromatic rings. The lowest BCUT2D eigenvalue weighted by Gasteiger charge is -2.21. The van der Waals surface area contributed by atoms with E-state index in [1.165, 1.54) is 17.2 Å². The van der Waals surface area contributed by atoms with Crippen LogP contribution >= 0.6 is 17.5 Å². The molecular weight excluding hydrogens is 407 g/mol. The molecule has 3 rings (SSSR count). The van der Waals surface area contributed by atoms with Gasteiger partial charge in [-0.1, -0.05) is 66.7 Å². The zero-order valence-corrected chi connectivity index (χ0v) is 20.0. The molecule has 1 aromatic heterocycles. The van der Waals surface area contributed by atoms with Gasteiger partial charge in [-0.15, -0.1) is 0 Å². The van der Waals surface area contributed by atoms with E-state index in [9.17, 15) is 0 Å². The van der Waals surface area contributed by atoms with Gasteiger partial charge in [0.05, 0.1) is 0 Å². The summed E-state index contributed by atoms with van der Waals surface area (Å²) >= 11 is 1.84. The monoisotopic (exact) mass is 438 g/mol. The average molecular weight is 439 g/mol. The summed E-state index contributed by atoms with van der Waals surface area (Å²) in [6.07, 6.45) is 4.68. The van der Waals surface area contributed by atoms with Gasteiger partial charge in [-0.25, -0.2) is 0 Å². The van der Waals surface area contributed by atoms with Crippen LogP contribution in [-0.4, -0.2) is 31.1 Å². The fourth-order valence-electron chi connectivity index (χ4n) is 2.85. The molecule has 0 spiro atoms. The van der Waals surface area contributed by atoms with E-state index in [1.807, 2.05) is 49.6 Å². The Kier molecular flexibility index (Phi) is 8.54. The third kappa shape index (κ3) is 5.89. The van der Waals surface area contributed by atoms with Gasteiger partial charge in [0.15, 0.2) is 0 Å². The molecule has 3 nitrogen and oxygen atoms in total. The second kappa shape index (κ2) is 10.7. The van der Waals surface area contributed by atoms with Crippen molar-refractivity contribution in [2.45, 2.75) is 24.8 Å². The maximum absolute atomic E-state index is 6.14. The van der Waals surface area contributed by atoms with Crippen LogP contribution in [0.15, 0.2) is 90.0 Å². The second-order valence-corrected chi connectivity index (χ2v) is 13.4. The van der Waals surface area contributed by atoms with Crippen molar-refractivity contribution in [2.75, 3.05) is 13.7 Å². The number of fused-ring (bicyclic) bond motifs is 1. The zero-order chi connectivity index (χ0) is 22.3. The van der Waals surface area contributed by atoms with E-state index in [4.69, 9.17) is 9.72 Å². The van der Waals surface area contributed by atoms with E-state index < -0.39 is 6.09 Å². The van der Waals surface area contributed by atoms with Crippen molar-refractivity contribution in [3.05, 3.63) is 85.1 Å². The molecule has 0 aliphatic rings. The van der Waals surface area contributed by atoms with Gasteiger partial charge in [0.1, 0.15) is 17.4 Å². The summed E-state index contributed by atoms with van der Waals surface area (Å²) < 4.78 is 6.14. The van der Waals surface area contributed by atoms with Crippen LogP contribution in [0.5, 0.6) is 5.75 Å². The van der Waals surface area contributed by atoms with Crippen LogP contribution in [0.25, 0.3) is 10.9 Å². The predicted octanol–water partition coefficient (Wildman–Crippen LogP) is 6.12. The third-order valence-corrected chi connectivity index (χ3v) is 9.30. The fourth-order valence-corrected chi connectivity index (χ4v) is 6.79. The van der Waals surface area contributed by atoms with E-state index in [2.05, 4.69) is 68.3 Å². The summed E-state index contributed by atoms with van der Waals surface area (Å²) in [5.41, 5.74) is 7.18. The number of hydrogen-bond donors (Lipinski definition) is 1. The SMILES string of the molecule is C=C(C)C(=C)C(C)Oc1cccc2cc(P(=C)(C)Sc3ccccc3)cnc12.CN. The molecule has 0 amide bonds. The molecular formula is C25H31N2OPS. The molecule has 2 atom stereocenters. The Morgan fingerprint density at radius 1 is 1.10 bits per heavy atom. The lowest BCUT2D eigenvalue weighted by atomic mass is 10.1. The summed E-state index contributed by atoms with van der Waals surface area (Å²) in [5.74, 6) is 0.763. The quantitative estimate of drug-likeness (QED) is 0.357. The van der Waals surface area contributed by atoms with Gasteiger partial charge >= 0.3 is 0 Å². The molecule has 0 bridgehead atoms. The molecule has 0 radical (unpaired) electrons. The van der Waals surface area contributed by atoms with Crippen LogP contribution < -0.4 is 15.8 Å². The Hall–Kier alpha value is -2.26. The first-order valence-corrected chi connectivity index (χ1v) is 13.6. The topological polar surface area (TPSA) is 48.1 Å². The summed E-state index contributed by atoms with van der Waals surface area (Å²) in [4.78, 5) is 5.98. The maximum atomic E-state index is 6.14. The van der Waals surface area contributed by atoms with Crippen LogP contribution in [0.2, 0.25) is 0 Å². The van der Waals surface area contributed by atoms with Gasteiger partial charge in [0, 0.05) is 21.8 Å². The van der Waals surface area contributed by atoms with Crippen LogP contribution in [0.3, 0.4) is 0 Å². The lowest BCUT2D eigenvalue weighted by Crippen LogP contribution is -2.15. The highest BCUT2D eigenvalue weighted by molar-refractivity contribution is 8.63. The van der Waals surface area contributed by atoms with Crippen molar-refractivity contribution in [1.29, 1.82) is 0 Å². The highest BCUT2D eigenvalue weighted by Crippen LogP contribution is 2.57. The van der Waals surface area contributed by atoms with Gasteiger partial charge in [-0.2, -0.15) is 0 Å². The van der Waals surface area contributed by atoms with Crippen molar-refractivity contribution in [1.82, 2.24) is 4.98 Å². The molecule has 0 saturated heterocycles. The van der Waals surface area contributed by atoms with Crippen LogP contribution in [-0.2, 0) is 0 Å². The van der Waals surface area contributed by atoms with E-state index >= 15 is 0 Å². The number of aromatic nitrogens is 1. The van der Waals surface area contributed by atoms with E-state index in [1.54, 1.807) is 0 Å². The molecule has 2 unspecified atom stereocenters. The Morgan fingerprint density at radius 3 is 2.40 bits per heavy atom. The number of para-hydroxylation sites is 1. The number of hydrogen-bond acceptors (Lipinski definition) is 4. The summed E-state index contributed by atoms with van der Waals surface area (Å²) in [7, 11) is 1.50. The highest BCUT2D eigenvalue weighted by Gasteiger charge is 2.16. The molecule has 30 heavy (non-hydrogen) atoms. The van der Waals surface area contributed by atoms with Crippen molar-refractivity contribution in [3.8, 4) is 5.75 Å². The molecule has 1 heterocycles. The molecule has 5 heteroatoms. The van der Waals surface area contributed by atoms with Crippen molar-refractivity contribution >= 4 is 40.0 Å². The molecule has 2 N–H and O–H groups in total.